The SMILES string of the molecule is CN(c1ncc(-c2cc(C(N)=O)ccc2Cl)cc1N1CCC(F)(F)CC1)C(O)c1c(F)cccc1Cl. The number of rotatable bonds is 6. The zero-order chi connectivity index (χ0) is 26.2. The molecule has 3 N–H and O–H groups in total. The van der Waals surface area contributed by atoms with Gasteiger partial charge in [0.15, 0.2) is 12.0 Å². The summed E-state index contributed by atoms with van der Waals surface area (Å²) < 4.78 is 42.3. The molecule has 1 atom stereocenters. The number of hydrogen-bond acceptors (Lipinski definition) is 5. The van der Waals surface area contributed by atoms with Gasteiger partial charge in [-0.3, -0.25) is 4.79 Å². The lowest BCUT2D eigenvalue weighted by Gasteiger charge is -2.36. The van der Waals surface area contributed by atoms with Gasteiger partial charge in [0.25, 0.3) is 5.92 Å². The summed E-state index contributed by atoms with van der Waals surface area (Å²) in [6.07, 6.45) is -0.765. The van der Waals surface area contributed by atoms with Crippen LogP contribution >= 0.6 is 23.2 Å². The molecule has 11 heteroatoms. The number of anilines is 2. The van der Waals surface area contributed by atoms with Crippen LogP contribution in [0.4, 0.5) is 24.7 Å². The second kappa shape index (κ2) is 10.2. The average Bonchev–Trinajstić information content (AvgIpc) is 2.83. The minimum Gasteiger partial charge on any atom is -0.369 e. The average molecular weight is 539 g/mol. The van der Waals surface area contributed by atoms with Crippen LogP contribution in [-0.4, -0.2) is 42.1 Å². The Labute approximate surface area is 216 Å². The number of benzene rings is 2. The van der Waals surface area contributed by atoms with Crippen molar-refractivity contribution in [3.05, 3.63) is 75.7 Å². The fraction of sp³-hybridized carbons (Fsp3) is 0.280. The molecular weight excluding hydrogens is 516 g/mol. The Balaban J connectivity index is 1.81. The Kier molecular flexibility index (Phi) is 7.36. The fourth-order valence-electron chi connectivity index (χ4n) is 4.14. The Bertz CT molecular complexity index is 1280. The number of alkyl halides is 2. The van der Waals surface area contributed by atoms with Gasteiger partial charge in [-0.25, -0.2) is 18.2 Å². The number of primary amides is 1. The van der Waals surface area contributed by atoms with Crippen LogP contribution in [0, 0.1) is 5.82 Å². The van der Waals surface area contributed by atoms with Gasteiger partial charge < -0.3 is 20.6 Å². The van der Waals surface area contributed by atoms with Crippen LogP contribution in [0.2, 0.25) is 10.0 Å². The summed E-state index contributed by atoms with van der Waals surface area (Å²) in [4.78, 5) is 19.2. The molecule has 6 nitrogen and oxygen atoms in total. The van der Waals surface area contributed by atoms with Crippen LogP contribution in [0.5, 0.6) is 0 Å². The number of nitrogens with zero attached hydrogens (tertiary/aromatic N) is 3. The number of aliphatic hydroxyl groups is 1. The van der Waals surface area contributed by atoms with Crippen molar-refractivity contribution < 1.29 is 23.1 Å². The predicted octanol–water partition coefficient (Wildman–Crippen LogP) is 5.66. The molecule has 1 aliphatic rings. The lowest BCUT2D eigenvalue weighted by molar-refractivity contribution is -0.0220. The zero-order valence-electron chi connectivity index (χ0n) is 19.2. The highest BCUT2D eigenvalue weighted by Crippen LogP contribution is 2.40. The van der Waals surface area contributed by atoms with E-state index in [1.165, 1.54) is 54.5 Å². The number of hydrogen-bond donors (Lipinski definition) is 2. The van der Waals surface area contributed by atoms with Crippen molar-refractivity contribution in [2.24, 2.45) is 5.73 Å². The van der Waals surface area contributed by atoms with E-state index in [0.29, 0.717) is 21.8 Å². The number of carbonyl (C=O) groups excluding carboxylic acids is 1. The number of halogens is 5. The normalized spacial score (nSPS) is 16.0. The number of nitrogens with two attached hydrogens (primary N) is 1. The number of amides is 1. The quantitative estimate of drug-likeness (QED) is 0.396. The first-order chi connectivity index (χ1) is 17.0. The summed E-state index contributed by atoms with van der Waals surface area (Å²) in [6, 6.07) is 10.3. The molecule has 0 bridgehead atoms. The minimum absolute atomic E-state index is 0.0279. The van der Waals surface area contributed by atoms with Crippen LogP contribution in [0.1, 0.15) is 35.0 Å². The minimum atomic E-state index is -2.78. The Morgan fingerprint density at radius 3 is 2.50 bits per heavy atom. The third kappa shape index (κ3) is 5.23. The van der Waals surface area contributed by atoms with Gasteiger partial charge in [0.05, 0.1) is 16.3 Å². The van der Waals surface area contributed by atoms with Crippen LogP contribution in [0.3, 0.4) is 0 Å². The Hall–Kier alpha value is -3.01. The van der Waals surface area contributed by atoms with Crippen LogP contribution < -0.4 is 15.5 Å². The number of carbonyl (C=O) groups is 1. The molecule has 4 rings (SSSR count). The molecule has 0 spiro atoms. The fourth-order valence-corrected chi connectivity index (χ4v) is 4.63. The highest BCUT2D eigenvalue weighted by Gasteiger charge is 2.36. The lowest BCUT2D eigenvalue weighted by atomic mass is 10.0. The van der Waals surface area contributed by atoms with Crippen molar-refractivity contribution in [3.63, 3.8) is 0 Å². The molecule has 1 amide bonds. The van der Waals surface area contributed by atoms with Gasteiger partial charge in [0.1, 0.15) is 5.82 Å². The van der Waals surface area contributed by atoms with Crippen molar-refractivity contribution in [2.45, 2.75) is 25.0 Å². The summed E-state index contributed by atoms with van der Waals surface area (Å²) in [5, 5.41) is 11.3. The van der Waals surface area contributed by atoms with Crippen molar-refractivity contribution in [3.8, 4) is 11.1 Å². The molecule has 2 heterocycles. The smallest absolute Gasteiger partial charge is 0.251 e. The van der Waals surface area contributed by atoms with E-state index in [9.17, 15) is 23.1 Å². The molecule has 36 heavy (non-hydrogen) atoms. The van der Waals surface area contributed by atoms with Gasteiger partial charge in [0, 0.05) is 60.9 Å². The molecule has 3 aromatic rings. The van der Waals surface area contributed by atoms with Crippen LogP contribution in [-0.2, 0) is 0 Å². The molecular formula is C25H23Cl2F3N4O2. The Morgan fingerprint density at radius 1 is 1.17 bits per heavy atom. The van der Waals surface area contributed by atoms with Gasteiger partial charge in [-0.15, -0.1) is 0 Å². The summed E-state index contributed by atoms with van der Waals surface area (Å²) in [7, 11) is 1.50. The first-order valence-corrected chi connectivity index (χ1v) is 11.8. The maximum Gasteiger partial charge on any atom is 0.251 e. The van der Waals surface area contributed by atoms with Gasteiger partial charge >= 0.3 is 0 Å². The third-order valence-corrected chi connectivity index (χ3v) is 6.86. The number of piperidine rings is 1. The number of aliphatic hydroxyl groups excluding tert-OH is 1. The second-order valence-electron chi connectivity index (χ2n) is 8.59. The van der Waals surface area contributed by atoms with E-state index in [1.807, 2.05) is 0 Å². The maximum atomic E-state index is 14.5. The maximum absolute atomic E-state index is 14.5. The second-order valence-corrected chi connectivity index (χ2v) is 9.40. The van der Waals surface area contributed by atoms with Gasteiger partial charge in [-0.05, 0) is 36.4 Å². The lowest BCUT2D eigenvalue weighted by Crippen LogP contribution is -2.40. The molecule has 0 aliphatic carbocycles. The molecule has 1 saturated heterocycles. The third-order valence-electron chi connectivity index (χ3n) is 6.20. The van der Waals surface area contributed by atoms with Crippen LogP contribution in [0.15, 0.2) is 48.7 Å². The number of aromatic nitrogens is 1. The van der Waals surface area contributed by atoms with Crippen molar-refractivity contribution in [2.75, 3.05) is 29.9 Å². The zero-order valence-corrected chi connectivity index (χ0v) is 20.7. The van der Waals surface area contributed by atoms with Crippen LogP contribution in [0.25, 0.3) is 11.1 Å². The van der Waals surface area contributed by atoms with E-state index in [0.717, 1.165) is 0 Å². The highest BCUT2D eigenvalue weighted by molar-refractivity contribution is 6.33. The van der Waals surface area contributed by atoms with E-state index < -0.39 is 23.9 Å². The van der Waals surface area contributed by atoms with Crippen molar-refractivity contribution >= 4 is 40.6 Å². The summed E-state index contributed by atoms with van der Waals surface area (Å²) in [5.41, 5.74) is 6.91. The molecule has 1 aromatic heterocycles. The monoisotopic (exact) mass is 538 g/mol. The highest BCUT2D eigenvalue weighted by atomic mass is 35.5. The summed E-state index contributed by atoms with van der Waals surface area (Å²) in [5.74, 6) is -3.90. The van der Waals surface area contributed by atoms with E-state index >= 15 is 0 Å². The molecule has 0 saturated carbocycles. The van der Waals surface area contributed by atoms with Crippen molar-refractivity contribution in [1.82, 2.24) is 4.98 Å². The molecule has 1 aliphatic heterocycles. The standard InChI is InChI=1S/C25H23Cl2F3N4O2/c1-33(24(36)21-18(27)3-2-4-19(21)28)23-20(34-9-7-25(29,30)8-10-34)12-15(13-32-23)16-11-14(22(31)35)5-6-17(16)26/h2-6,11-13,24,36H,7-10H2,1H3,(H2,31,35). The first kappa shape index (κ1) is 26.1. The van der Waals surface area contributed by atoms with E-state index in [4.69, 9.17) is 28.9 Å². The summed E-state index contributed by atoms with van der Waals surface area (Å²) >= 11 is 12.5. The summed E-state index contributed by atoms with van der Waals surface area (Å²) in [6.45, 7) is 0.0646. The molecule has 2 aromatic carbocycles. The van der Waals surface area contributed by atoms with E-state index in [-0.39, 0.29) is 47.9 Å². The van der Waals surface area contributed by atoms with Crippen molar-refractivity contribution in [1.29, 1.82) is 0 Å². The topological polar surface area (TPSA) is 82.7 Å². The van der Waals surface area contributed by atoms with Gasteiger partial charge in [0.2, 0.25) is 5.91 Å². The predicted molar refractivity (Wildman–Crippen MR) is 134 cm³/mol. The van der Waals surface area contributed by atoms with Gasteiger partial charge in [-0.1, -0.05) is 29.3 Å². The number of pyridine rings is 1. The molecule has 1 fully saturated rings. The largest absolute Gasteiger partial charge is 0.369 e. The van der Waals surface area contributed by atoms with E-state index in [1.54, 1.807) is 11.0 Å². The molecule has 0 radical (unpaired) electrons. The first-order valence-electron chi connectivity index (χ1n) is 11.1. The Morgan fingerprint density at radius 2 is 1.86 bits per heavy atom. The molecule has 1 unspecified atom stereocenters. The van der Waals surface area contributed by atoms with Gasteiger partial charge in [-0.2, -0.15) is 0 Å². The van der Waals surface area contributed by atoms with E-state index in [2.05, 4.69) is 4.98 Å². The molecule has 190 valence electrons.